The minimum absolute atomic E-state index is 0.00956. The number of methoxy groups -OCH3 is 1. The maximum Gasteiger partial charge on any atom is 0.279 e. The van der Waals surface area contributed by atoms with Crippen LogP contribution in [0.15, 0.2) is 48.5 Å². The summed E-state index contributed by atoms with van der Waals surface area (Å²) in [6.45, 7) is 4.83. The minimum atomic E-state index is -0.228. The summed E-state index contributed by atoms with van der Waals surface area (Å²) in [5.41, 5.74) is 1.83. The van der Waals surface area contributed by atoms with Crippen molar-refractivity contribution >= 4 is 23.2 Å². The van der Waals surface area contributed by atoms with E-state index < -0.39 is 0 Å². The van der Waals surface area contributed by atoms with Crippen molar-refractivity contribution in [2.24, 2.45) is 5.92 Å². The predicted molar refractivity (Wildman–Crippen MR) is 110 cm³/mol. The van der Waals surface area contributed by atoms with Crippen molar-refractivity contribution < 1.29 is 19.2 Å². The third kappa shape index (κ3) is 5.33. The summed E-state index contributed by atoms with van der Waals surface area (Å²) in [7, 11) is 1.56. The van der Waals surface area contributed by atoms with E-state index in [4.69, 9.17) is 4.74 Å². The smallest absolute Gasteiger partial charge is 0.279 e. The lowest BCUT2D eigenvalue weighted by Gasteiger charge is -2.27. The number of likely N-dealkylation sites (tertiary alicyclic amines) is 1. The van der Waals surface area contributed by atoms with Gasteiger partial charge in [0.15, 0.2) is 6.54 Å². The number of nitrogens with one attached hydrogen (secondary N) is 3. The highest BCUT2D eigenvalue weighted by atomic mass is 16.5. The number of hydrogen-bond donors (Lipinski definition) is 3. The van der Waals surface area contributed by atoms with E-state index in [2.05, 4.69) is 17.6 Å². The molecule has 2 aromatic carbocycles. The first kappa shape index (κ1) is 19.9. The van der Waals surface area contributed by atoms with Crippen LogP contribution < -0.4 is 20.3 Å². The molecule has 148 valence electrons. The fourth-order valence-corrected chi connectivity index (χ4v) is 3.64. The van der Waals surface area contributed by atoms with Gasteiger partial charge >= 0.3 is 0 Å². The number of carbonyl (C=O) groups is 2. The van der Waals surface area contributed by atoms with Gasteiger partial charge in [-0.25, -0.2) is 0 Å². The van der Waals surface area contributed by atoms with Gasteiger partial charge in [-0.15, -0.1) is 0 Å². The normalized spacial score (nSPS) is 18.9. The third-order valence-electron chi connectivity index (χ3n) is 5.06. The van der Waals surface area contributed by atoms with Gasteiger partial charge < -0.3 is 20.3 Å². The number of amides is 2. The molecular weight excluding hydrogens is 354 g/mol. The Bertz CT molecular complexity index is 820. The average molecular weight is 382 g/mol. The lowest BCUT2D eigenvalue weighted by Crippen LogP contribution is -3.14. The van der Waals surface area contributed by atoms with E-state index in [0.29, 0.717) is 35.2 Å². The van der Waals surface area contributed by atoms with Crippen LogP contribution in [0, 0.1) is 5.92 Å². The van der Waals surface area contributed by atoms with Crippen LogP contribution in [-0.2, 0) is 4.79 Å². The Morgan fingerprint density at radius 2 is 1.86 bits per heavy atom. The first-order chi connectivity index (χ1) is 13.5. The predicted octanol–water partition coefficient (Wildman–Crippen LogP) is 2.20. The second-order valence-corrected chi connectivity index (χ2v) is 7.41. The molecule has 6 heteroatoms. The SMILES string of the molecule is COc1ccccc1NC(=O)c1ccc(NC(=O)C[NH+]2CCC[C@@H](C)C2)cc1. The number of para-hydroxylation sites is 2. The molecule has 3 N–H and O–H groups in total. The molecule has 0 spiro atoms. The highest BCUT2D eigenvalue weighted by Gasteiger charge is 2.22. The van der Waals surface area contributed by atoms with Gasteiger partial charge in [0.25, 0.3) is 11.8 Å². The summed E-state index contributed by atoms with van der Waals surface area (Å²) in [6.07, 6.45) is 2.43. The molecule has 0 bridgehead atoms. The van der Waals surface area contributed by atoms with Crippen LogP contribution in [0.3, 0.4) is 0 Å². The Hall–Kier alpha value is -2.86. The highest BCUT2D eigenvalue weighted by molar-refractivity contribution is 6.05. The topological polar surface area (TPSA) is 71.9 Å². The summed E-state index contributed by atoms with van der Waals surface area (Å²) in [5.74, 6) is 1.07. The molecule has 1 fully saturated rings. The number of quaternary nitrogens is 1. The Morgan fingerprint density at radius 3 is 2.57 bits per heavy atom. The lowest BCUT2D eigenvalue weighted by atomic mass is 10.0. The summed E-state index contributed by atoms with van der Waals surface area (Å²) in [4.78, 5) is 26.1. The van der Waals surface area contributed by atoms with Crippen molar-refractivity contribution in [3.8, 4) is 5.75 Å². The standard InChI is InChI=1S/C22H27N3O3/c1-16-6-5-13-25(14-16)15-21(26)23-18-11-9-17(10-12-18)22(27)24-19-7-3-4-8-20(19)28-2/h3-4,7-12,16H,5-6,13-15H2,1-2H3,(H,23,26)(H,24,27)/p+1/t16-/m1/s1. The van der Waals surface area contributed by atoms with Crippen molar-refractivity contribution in [3.05, 3.63) is 54.1 Å². The van der Waals surface area contributed by atoms with Crippen molar-refractivity contribution in [1.82, 2.24) is 0 Å². The van der Waals surface area contributed by atoms with E-state index in [9.17, 15) is 9.59 Å². The van der Waals surface area contributed by atoms with Crippen LogP contribution in [0.2, 0.25) is 0 Å². The molecule has 0 radical (unpaired) electrons. The number of anilines is 2. The number of benzene rings is 2. The van der Waals surface area contributed by atoms with Crippen LogP contribution >= 0.6 is 0 Å². The quantitative estimate of drug-likeness (QED) is 0.717. The van der Waals surface area contributed by atoms with Gasteiger partial charge in [-0.05, 0) is 49.2 Å². The number of rotatable bonds is 6. The van der Waals surface area contributed by atoms with Crippen LogP contribution in [0.5, 0.6) is 5.75 Å². The van der Waals surface area contributed by atoms with Gasteiger partial charge in [0, 0.05) is 17.2 Å². The number of ether oxygens (including phenoxy) is 1. The third-order valence-corrected chi connectivity index (χ3v) is 5.06. The van der Waals surface area contributed by atoms with Crippen LogP contribution in [0.25, 0.3) is 0 Å². The van der Waals surface area contributed by atoms with Crippen molar-refractivity contribution in [2.75, 3.05) is 37.4 Å². The van der Waals surface area contributed by atoms with Crippen molar-refractivity contribution in [3.63, 3.8) is 0 Å². The molecule has 0 aliphatic carbocycles. The zero-order chi connectivity index (χ0) is 19.9. The minimum Gasteiger partial charge on any atom is -0.495 e. The fraction of sp³-hybridized carbons (Fsp3) is 0.364. The van der Waals surface area contributed by atoms with E-state index in [-0.39, 0.29) is 11.8 Å². The van der Waals surface area contributed by atoms with E-state index in [1.165, 1.54) is 17.7 Å². The van der Waals surface area contributed by atoms with Gasteiger partial charge in [0.1, 0.15) is 5.75 Å². The van der Waals surface area contributed by atoms with Gasteiger partial charge in [-0.2, -0.15) is 0 Å². The average Bonchev–Trinajstić information content (AvgIpc) is 2.69. The first-order valence-electron chi connectivity index (χ1n) is 9.73. The Balaban J connectivity index is 1.55. The Morgan fingerprint density at radius 1 is 1.11 bits per heavy atom. The van der Waals surface area contributed by atoms with E-state index >= 15 is 0 Å². The molecule has 1 aliphatic rings. The number of carbonyl (C=O) groups excluding carboxylic acids is 2. The molecule has 6 nitrogen and oxygen atoms in total. The Labute approximate surface area is 165 Å². The second kappa shape index (κ2) is 9.37. The van der Waals surface area contributed by atoms with E-state index in [0.717, 1.165) is 13.1 Å². The zero-order valence-electron chi connectivity index (χ0n) is 16.5. The van der Waals surface area contributed by atoms with Crippen molar-refractivity contribution in [2.45, 2.75) is 19.8 Å². The number of hydrogen-bond acceptors (Lipinski definition) is 3. The van der Waals surface area contributed by atoms with Crippen LogP contribution in [0.1, 0.15) is 30.1 Å². The van der Waals surface area contributed by atoms with Crippen molar-refractivity contribution in [1.29, 1.82) is 0 Å². The zero-order valence-corrected chi connectivity index (χ0v) is 16.5. The molecule has 1 aliphatic heterocycles. The van der Waals surface area contributed by atoms with E-state index in [1.54, 1.807) is 43.5 Å². The van der Waals surface area contributed by atoms with Crippen LogP contribution in [0.4, 0.5) is 11.4 Å². The highest BCUT2D eigenvalue weighted by Crippen LogP contribution is 2.23. The molecule has 2 aromatic rings. The largest absolute Gasteiger partial charge is 0.495 e. The molecule has 0 aromatic heterocycles. The summed E-state index contributed by atoms with van der Waals surface area (Å²) < 4.78 is 5.25. The molecular formula is C22H28N3O3+. The summed E-state index contributed by atoms with van der Waals surface area (Å²) >= 11 is 0. The molecule has 28 heavy (non-hydrogen) atoms. The van der Waals surface area contributed by atoms with Crippen LogP contribution in [-0.4, -0.2) is 38.6 Å². The first-order valence-corrected chi connectivity index (χ1v) is 9.73. The summed E-state index contributed by atoms with van der Waals surface area (Å²) in [6, 6.07) is 14.2. The molecule has 2 amide bonds. The lowest BCUT2D eigenvalue weighted by molar-refractivity contribution is -0.900. The fourth-order valence-electron chi connectivity index (χ4n) is 3.64. The monoisotopic (exact) mass is 382 g/mol. The van der Waals surface area contributed by atoms with Gasteiger partial charge in [0.2, 0.25) is 0 Å². The molecule has 3 rings (SSSR count). The molecule has 1 saturated heterocycles. The molecule has 2 atom stereocenters. The maximum absolute atomic E-state index is 12.5. The van der Waals surface area contributed by atoms with Gasteiger partial charge in [-0.1, -0.05) is 19.1 Å². The van der Waals surface area contributed by atoms with Gasteiger partial charge in [-0.3, -0.25) is 9.59 Å². The maximum atomic E-state index is 12.5. The molecule has 0 saturated carbocycles. The Kier molecular flexibility index (Phi) is 6.66. The number of piperidine rings is 1. The molecule has 1 heterocycles. The second-order valence-electron chi connectivity index (χ2n) is 7.41. The summed E-state index contributed by atoms with van der Waals surface area (Å²) in [5, 5.41) is 5.77. The van der Waals surface area contributed by atoms with E-state index in [1.807, 2.05) is 12.1 Å². The molecule has 1 unspecified atom stereocenters. The van der Waals surface area contributed by atoms with Gasteiger partial charge in [0.05, 0.1) is 25.9 Å².